The van der Waals surface area contributed by atoms with E-state index < -0.39 is 12.1 Å². The Hall–Kier alpha value is -3.81. The molecule has 0 radical (unpaired) electrons. The first-order valence-electron chi connectivity index (χ1n) is 8.67. The average Bonchev–Trinajstić information content (AvgIpc) is 2.70. The highest BCUT2D eigenvalue weighted by atomic mass is 16.5. The molecule has 2 N–H and O–H groups in total. The molecule has 0 amide bonds. The number of hydrogen-bond acceptors (Lipinski definition) is 6. The molecule has 8 heteroatoms. The number of carbonyl (C=O) groups excluding carboxylic acids is 1. The number of aromatic amines is 2. The van der Waals surface area contributed by atoms with Gasteiger partial charge in [-0.3, -0.25) is 14.4 Å². The minimum Gasteiger partial charge on any atom is -0.454 e. The summed E-state index contributed by atoms with van der Waals surface area (Å²) in [4.78, 5) is 43.4. The molecule has 2 aromatic carbocycles. The smallest absolute Gasteiger partial charge is 0.312 e. The van der Waals surface area contributed by atoms with Crippen molar-refractivity contribution in [2.75, 3.05) is 0 Å². The summed E-state index contributed by atoms with van der Waals surface area (Å²) in [5.74, 6) is -0.288. The van der Waals surface area contributed by atoms with E-state index in [9.17, 15) is 14.4 Å². The first-order valence-corrected chi connectivity index (χ1v) is 8.67. The molecule has 28 heavy (non-hydrogen) atoms. The molecule has 0 bridgehead atoms. The van der Waals surface area contributed by atoms with E-state index in [-0.39, 0.29) is 23.4 Å². The Morgan fingerprint density at radius 1 is 1.00 bits per heavy atom. The van der Waals surface area contributed by atoms with Crippen LogP contribution in [0.1, 0.15) is 24.5 Å². The second kappa shape index (κ2) is 7.07. The largest absolute Gasteiger partial charge is 0.454 e. The van der Waals surface area contributed by atoms with Crippen LogP contribution in [0.5, 0.6) is 0 Å². The van der Waals surface area contributed by atoms with Crippen molar-refractivity contribution in [3.63, 3.8) is 0 Å². The lowest BCUT2D eigenvalue weighted by Crippen LogP contribution is -2.19. The van der Waals surface area contributed by atoms with E-state index in [4.69, 9.17) is 4.74 Å². The van der Waals surface area contributed by atoms with Crippen molar-refractivity contribution in [1.29, 1.82) is 0 Å². The van der Waals surface area contributed by atoms with Crippen molar-refractivity contribution >= 4 is 27.6 Å². The Labute approximate surface area is 158 Å². The van der Waals surface area contributed by atoms with Gasteiger partial charge < -0.3 is 9.72 Å². The molecule has 0 saturated heterocycles. The van der Waals surface area contributed by atoms with E-state index in [0.29, 0.717) is 27.4 Å². The standard InChI is InChI=1S/C20H16N4O4/c1-11(18-21-15-9-5-4-8-14(15)19(26)22-18)28-17(25)10-16-12-6-2-3-7-13(12)20(27)24-23-16/h2-9,11H,10H2,1H3,(H,24,27)(H,21,22,26)/t11-/m1/s1. The number of para-hydroxylation sites is 1. The Bertz CT molecular complexity index is 1310. The lowest BCUT2D eigenvalue weighted by molar-refractivity contribution is -0.148. The van der Waals surface area contributed by atoms with Gasteiger partial charge in [0.2, 0.25) is 0 Å². The number of aromatic nitrogens is 4. The van der Waals surface area contributed by atoms with Gasteiger partial charge in [0.05, 0.1) is 28.4 Å². The van der Waals surface area contributed by atoms with Crippen molar-refractivity contribution < 1.29 is 9.53 Å². The second-order valence-electron chi connectivity index (χ2n) is 6.32. The van der Waals surface area contributed by atoms with Crippen molar-refractivity contribution in [2.45, 2.75) is 19.4 Å². The SMILES string of the molecule is C[C@@H](OC(=O)Cc1n[nH]c(=O)c2ccccc12)c1nc2ccccc2c(=O)[nH]1. The normalized spacial score (nSPS) is 12.2. The van der Waals surface area contributed by atoms with Crippen LogP contribution in [0.2, 0.25) is 0 Å². The Kier molecular flexibility index (Phi) is 4.44. The number of fused-ring (bicyclic) bond motifs is 2. The number of H-pyrrole nitrogens is 2. The van der Waals surface area contributed by atoms with Crippen molar-refractivity contribution in [2.24, 2.45) is 0 Å². The lowest BCUT2D eigenvalue weighted by Gasteiger charge is -2.13. The van der Waals surface area contributed by atoms with Gasteiger partial charge in [0.25, 0.3) is 11.1 Å². The Morgan fingerprint density at radius 3 is 2.46 bits per heavy atom. The molecule has 140 valence electrons. The molecular formula is C20H16N4O4. The number of rotatable bonds is 4. The molecule has 2 heterocycles. The van der Waals surface area contributed by atoms with E-state index >= 15 is 0 Å². The molecule has 8 nitrogen and oxygen atoms in total. The van der Waals surface area contributed by atoms with Crippen LogP contribution in [-0.4, -0.2) is 26.1 Å². The predicted molar refractivity (Wildman–Crippen MR) is 103 cm³/mol. The van der Waals surface area contributed by atoms with Crippen LogP contribution in [0.4, 0.5) is 0 Å². The van der Waals surface area contributed by atoms with Gasteiger partial charge in [-0.05, 0) is 25.1 Å². The van der Waals surface area contributed by atoms with Crippen LogP contribution in [0, 0.1) is 0 Å². The summed E-state index contributed by atoms with van der Waals surface area (Å²) in [6, 6.07) is 13.8. The van der Waals surface area contributed by atoms with Gasteiger partial charge in [0, 0.05) is 5.39 Å². The van der Waals surface area contributed by atoms with E-state index in [0.717, 1.165) is 0 Å². The van der Waals surface area contributed by atoms with Crippen LogP contribution in [-0.2, 0) is 16.0 Å². The fourth-order valence-electron chi connectivity index (χ4n) is 3.03. The third kappa shape index (κ3) is 3.27. The molecule has 1 atom stereocenters. The number of benzene rings is 2. The number of esters is 1. The van der Waals surface area contributed by atoms with Crippen molar-refractivity contribution in [3.8, 4) is 0 Å². The maximum atomic E-state index is 12.4. The quantitative estimate of drug-likeness (QED) is 0.526. The first kappa shape index (κ1) is 17.6. The highest BCUT2D eigenvalue weighted by molar-refractivity contribution is 5.86. The van der Waals surface area contributed by atoms with Gasteiger partial charge in [-0.25, -0.2) is 10.1 Å². The van der Waals surface area contributed by atoms with Crippen LogP contribution >= 0.6 is 0 Å². The zero-order valence-electron chi connectivity index (χ0n) is 14.9. The first-order chi connectivity index (χ1) is 13.5. The van der Waals surface area contributed by atoms with E-state index in [2.05, 4.69) is 20.2 Å². The second-order valence-corrected chi connectivity index (χ2v) is 6.32. The van der Waals surface area contributed by atoms with Gasteiger partial charge >= 0.3 is 5.97 Å². The number of hydrogen-bond donors (Lipinski definition) is 2. The van der Waals surface area contributed by atoms with Crippen molar-refractivity contribution in [3.05, 3.63) is 80.8 Å². The van der Waals surface area contributed by atoms with Gasteiger partial charge in [-0.15, -0.1) is 0 Å². The average molecular weight is 376 g/mol. The van der Waals surface area contributed by atoms with Crippen LogP contribution < -0.4 is 11.1 Å². The summed E-state index contributed by atoms with van der Waals surface area (Å²) < 4.78 is 5.42. The summed E-state index contributed by atoms with van der Waals surface area (Å²) in [5.41, 5.74) is 0.320. The summed E-state index contributed by atoms with van der Waals surface area (Å²) in [7, 11) is 0. The van der Waals surface area contributed by atoms with Gasteiger partial charge in [0.15, 0.2) is 11.9 Å². The molecule has 4 rings (SSSR count). The minimum atomic E-state index is -0.751. The monoisotopic (exact) mass is 376 g/mol. The molecule has 0 fully saturated rings. The van der Waals surface area contributed by atoms with Gasteiger partial charge in [-0.2, -0.15) is 5.10 Å². The molecule has 0 spiro atoms. The number of carbonyl (C=O) groups is 1. The predicted octanol–water partition coefficient (Wildman–Crippen LogP) is 2.01. The summed E-state index contributed by atoms with van der Waals surface area (Å²) in [5, 5.41) is 7.87. The molecule has 0 aliphatic carbocycles. The van der Waals surface area contributed by atoms with E-state index in [1.54, 1.807) is 55.5 Å². The number of ether oxygens (including phenoxy) is 1. The van der Waals surface area contributed by atoms with Crippen LogP contribution in [0.15, 0.2) is 58.1 Å². The topological polar surface area (TPSA) is 118 Å². The fraction of sp³-hybridized carbons (Fsp3) is 0.150. The third-order valence-electron chi connectivity index (χ3n) is 4.41. The highest BCUT2D eigenvalue weighted by Gasteiger charge is 2.18. The summed E-state index contributed by atoms with van der Waals surface area (Å²) in [6.45, 7) is 1.63. The molecule has 0 aliphatic heterocycles. The molecule has 0 saturated carbocycles. The Morgan fingerprint density at radius 2 is 1.68 bits per heavy atom. The summed E-state index contributed by atoms with van der Waals surface area (Å²) >= 11 is 0. The molecule has 4 aromatic rings. The van der Waals surface area contributed by atoms with Crippen LogP contribution in [0.3, 0.4) is 0 Å². The van der Waals surface area contributed by atoms with Crippen LogP contribution in [0.25, 0.3) is 21.7 Å². The lowest BCUT2D eigenvalue weighted by atomic mass is 10.1. The number of nitrogens with zero attached hydrogens (tertiary/aromatic N) is 2. The Balaban J connectivity index is 1.57. The zero-order chi connectivity index (χ0) is 19.7. The minimum absolute atomic E-state index is 0.126. The van der Waals surface area contributed by atoms with E-state index in [1.807, 2.05) is 0 Å². The molecule has 0 aliphatic rings. The maximum Gasteiger partial charge on any atom is 0.312 e. The number of nitrogens with one attached hydrogen (secondary N) is 2. The van der Waals surface area contributed by atoms with Crippen molar-refractivity contribution in [1.82, 2.24) is 20.2 Å². The maximum absolute atomic E-state index is 12.4. The van der Waals surface area contributed by atoms with E-state index in [1.165, 1.54) is 0 Å². The van der Waals surface area contributed by atoms with Gasteiger partial charge in [-0.1, -0.05) is 30.3 Å². The third-order valence-corrected chi connectivity index (χ3v) is 4.41. The molecular weight excluding hydrogens is 360 g/mol. The fourth-order valence-corrected chi connectivity index (χ4v) is 3.03. The molecule has 2 aromatic heterocycles. The summed E-state index contributed by atoms with van der Waals surface area (Å²) in [6.07, 6.45) is -0.877. The zero-order valence-corrected chi connectivity index (χ0v) is 14.9. The molecule has 0 unspecified atom stereocenters. The highest BCUT2D eigenvalue weighted by Crippen LogP contribution is 2.17. The van der Waals surface area contributed by atoms with Gasteiger partial charge in [0.1, 0.15) is 0 Å².